The van der Waals surface area contributed by atoms with E-state index in [1.165, 1.54) is 0 Å². The molecule has 0 saturated carbocycles. The Labute approximate surface area is 172 Å². The van der Waals surface area contributed by atoms with Crippen molar-refractivity contribution in [3.8, 4) is 11.1 Å². The van der Waals surface area contributed by atoms with Gasteiger partial charge in [-0.1, -0.05) is 29.8 Å². The molecule has 1 N–H and O–H groups in total. The fourth-order valence-electron chi connectivity index (χ4n) is 3.55. The Kier molecular flexibility index (Phi) is 7.01. The highest BCUT2D eigenvalue weighted by Crippen LogP contribution is 2.32. The van der Waals surface area contributed by atoms with E-state index >= 15 is 0 Å². The second kappa shape index (κ2) is 9.07. The number of H-pyrrole nitrogens is 1. The molecule has 0 aliphatic carbocycles. The molecule has 6 heteroatoms. The number of aryl methyl sites for hydroxylation is 2. The first-order valence-corrected chi connectivity index (χ1v) is 9.93. The molecular formula is C23H30N2O4. The minimum absolute atomic E-state index is 0.116. The lowest BCUT2D eigenvalue weighted by atomic mass is 9.97. The largest absolute Gasteiger partial charge is 0.462 e. The molecule has 1 aromatic heterocycles. The number of rotatable bonds is 7. The average molecular weight is 399 g/mol. The van der Waals surface area contributed by atoms with Gasteiger partial charge in [0, 0.05) is 23.3 Å². The fourth-order valence-corrected chi connectivity index (χ4v) is 3.55. The summed E-state index contributed by atoms with van der Waals surface area (Å²) in [5, 5.41) is 0. The molecule has 0 bridgehead atoms. The predicted octanol–water partition coefficient (Wildman–Crippen LogP) is 4.30. The maximum atomic E-state index is 13.2. The number of aromatic amines is 1. The normalized spacial score (nSPS) is 11.1. The first kappa shape index (κ1) is 22.4. The number of esters is 1. The number of Topliss-reactive ketones (excluding diaryl/α,β-unsaturated/α-hetero) is 1. The van der Waals surface area contributed by atoms with Crippen LogP contribution in [-0.2, 0) is 9.53 Å². The number of nitrogens with zero attached hydrogens (tertiary/aromatic N) is 1. The van der Waals surface area contributed by atoms with E-state index in [1.54, 1.807) is 18.7 Å². The summed E-state index contributed by atoms with van der Waals surface area (Å²) in [6, 6.07) is 7.22. The van der Waals surface area contributed by atoms with Gasteiger partial charge in [-0.2, -0.15) is 0 Å². The summed E-state index contributed by atoms with van der Waals surface area (Å²) in [6.45, 7) is 13.1. The molecule has 0 spiro atoms. The SMILES string of the molecule is CCOC(=O)c1c(C)[nH]c(C(=O)C(=O)N(C(C)C)C(C)C)c1-c1ccc(C)cc1. The van der Waals surface area contributed by atoms with Crippen LogP contribution in [0.15, 0.2) is 24.3 Å². The third kappa shape index (κ3) is 4.58. The standard InChI is InChI=1S/C23H30N2O4/c1-8-29-23(28)18-16(7)24-20(19(18)17-11-9-15(6)10-12-17)21(26)22(27)25(13(2)3)14(4)5/h9-14,24H,8H2,1-7H3. The number of ketones is 1. The van der Waals surface area contributed by atoms with Gasteiger partial charge >= 0.3 is 5.97 Å². The number of aromatic nitrogens is 1. The third-order valence-corrected chi connectivity index (χ3v) is 4.78. The minimum atomic E-state index is -0.665. The summed E-state index contributed by atoms with van der Waals surface area (Å²) in [4.78, 5) is 43.4. The van der Waals surface area contributed by atoms with Crippen molar-refractivity contribution in [2.24, 2.45) is 0 Å². The molecule has 0 atom stereocenters. The summed E-state index contributed by atoms with van der Waals surface area (Å²) < 4.78 is 5.21. The number of ether oxygens (including phenoxy) is 1. The quantitative estimate of drug-likeness (QED) is 0.428. The monoisotopic (exact) mass is 398 g/mol. The molecule has 0 unspecified atom stereocenters. The average Bonchev–Trinajstić information content (AvgIpc) is 2.98. The van der Waals surface area contributed by atoms with Crippen molar-refractivity contribution in [3.05, 3.63) is 46.8 Å². The van der Waals surface area contributed by atoms with E-state index in [4.69, 9.17) is 4.74 Å². The summed E-state index contributed by atoms with van der Waals surface area (Å²) in [6.07, 6.45) is 0. The zero-order valence-corrected chi connectivity index (χ0v) is 18.3. The molecule has 6 nitrogen and oxygen atoms in total. The summed E-state index contributed by atoms with van der Waals surface area (Å²) in [5.41, 5.74) is 3.04. The van der Waals surface area contributed by atoms with Crippen molar-refractivity contribution in [1.29, 1.82) is 0 Å². The van der Waals surface area contributed by atoms with Crippen LogP contribution in [-0.4, -0.2) is 46.2 Å². The summed E-state index contributed by atoms with van der Waals surface area (Å²) in [7, 11) is 0. The maximum absolute atomic E-state index is 13.2. The van der Waals surface area contributed by atoms with Crippen LogP contribution in [0.1, 0.15) is 66.7 Å². The van der Waals surface area contributed by atoms with E-state index in [9.17, 15) is 14.4 Å². The van der Waals surface area contributed by atoms with Crippen molar-refractivity contribution in [1.82, 2.24) is 9.88 Å². The molecular weight excluding hydrogens is 368 g/mol. The molecule has 2 rings (SSSR count). The van der Waals surface area contributed by atoms with Gasteiger partial charge in [-0.3, -0.25) is 9.59 Å². The Bertz CT molecular complexity index is 900. The molecule has 156 valence electrons. The van der Waals surface area contributed by atoms with Crippen molar-refractivity contribution >= 4 is 17.7 Å². The van der Waals surface area contributed by atoms with Crippen LogP contribution in [0, 0.1) is 13.8 Å². The molecule has 0 saturated heterocycles. The fraction of sp³-hybridized carbons (Fsp3) is 0.435. The Hall–Kier alpha value is -2.89. The molecule has 1 amide bonds. The third-order valence-electron chi connectivity index (χ3n) is 4.78. The number of amides is 1. The number of benzene rings is 1. The lowest BCUT2D eigenvalue weighted by molar-refractivity contribution is -0.129. The highest BCUT2D eigenvalue weighted by molar-refractivity contribution is 6.43. The molecule has 29 heavy (non-hydrogen) atoms. The lowest BCUT2D eigenvalue weighted by Crippen LogP contribution is -2.45. The second-order valence-electron chi connectivity index (χ2n) is 7.69. The molecule has 0 aliphatic rings. The van der Waals surface area contributed by atoms with E-state index in [2.05, 4.69) is 4.98 Å². The van der Waals surface area contributed by atoms with Crippen LogP contribution in [0.5, 0.6) is 0 Å². The van der Waals surface area contributed by atoms with Crippen molar-refractivity contribution in [2.45, 2.75) is 60.5 Å². The lowest BCUT2D eigenvalue weighted by Gasteiger charge is -2.30. The smallest absolute Gasteiger partial charge is 0.340 e. The number of hydrogen-bond acceptors (Lipinski definition) is 4. The summed E-state index contributed by atoms with van der Waals surface area (Å²) in [5.74, 6) is -1.78. The van der Waals surface area contributed by atoms with Gasteiger partial charge in [0.25, 0.3) is 11.7 Å². The van der Waals surface area contributed by atoms with Crippen LogP contribution >= 0.6 is 0 Å². The van der Waals surface area contributed by atoms with Crippen LogP contribution < -0.4 is 0 Å². The van der Waals surface area contributed by atoms with Crippen LogP contribution in [0.2, 0.25) is 0 Å². The molecule has 0 fully saturated rings. The van der Waals surface area contributed by atoms with Gasteiger partial charge < -0.3 is 14.6 Å². The number of hydrogen-bond donors (Lipinski definition) is 1. The molecule has 0 radical (unpaired) electrons. The Balaban J connectivity index is 2.67. The van der Waals surface area contributed by atoms with Gasteiger partial charge in [-0.15, -0.1) is 0 Å². The maximum Gasteiger partial charge on any atom is 0.340 e. The summed E-state index contributed by atoms with van der Waals surface area (Å²) >= 11 is 0. The topological polar surface area (TPSA) is 79.5 Å². The van der Waals surface area contributed by atoms with E-state index in [-0.39, 0.29) is 29.9 Å². The van der Waals surface area contributed by atoms with Gasteiger partial charge in [0.15, 0.2) is 0 Å². The van der Waals surface area contributed by atoms with E-state index in [0.717, 1.165) is 5.56 Å². The van der Waals surface area contributed by atoms with E-state index < -0.39 is 17.7 Å². The van der Waals surface area contributed by atoms with Crippen LogP contribution in [0.4, 0.5) is 0 Å². The first-order chi connectivity index (χ1) is 13.6. The van der Waals surface area contributed by atoms with Crippen LogP contribution in [0.3, 0.4) is 0 Å². The van der Waals surface area contributed by atoms with Crippen molar-refractivity contribution in [3.63, 3.8) is 0 Å². The number of carbonyl (C=O) groups excluding carboxylic acids is 3. The van der Waals surface area contributed by atoms with Gasteiger partial charge in [0.1, 0.15) is 5.69 Å². The minimum Gasteiger partial charge on any atom is -0.462 e. The van der Waals surface area contributed by atoms with Gasteiger partial charge in [-0.05, 0) is 54.0 Å². The predicted molar refractivity (Wildman–Crippen MR) is 113 cm³/mol. The van der Waals surface area contributed by atoms with Crippen molar-refractivity contribution in [2.75, 3.05) is 6.61 Å². The van der Waals surface area contributed by atoms with E-state index in [0.29, 0.717) is 16.8 Å². The van der Waals surface area contributed by atoms with Crippen LogP contribution in [0.25, 0.3) is 11.1 Å². The first-order valence-electron chi connectivity index (χ1n) is 9.93. The molecule has 2 aromatic rings. The van der Waals surface area contributed by atoms with Gasteiger partial charge in [0.2, 0.25) is 0 Å². The molecule has 0 aliphatic heterocycles. The highest BCUT2D eigenvalue weighted by Gasteiger charge is 2.33. The number of carbonyl (C=O) groups is 3. The molecule has 1 aromatic carbocycles. The second-order valence-corrected chi connectivity index (χ2v) is 7.69. The van der Waals surface area contributed by atoms with Gasteiger partial charge in [-0.25, -0.2) is 4.79 Å². The highest BCUT2D eigenvalue weighted by atomic mass is 16.5. The van der Waals surface area contributed by atoms with E-state index in [1.807, 2.05) is 58.9 Å². The Morgan fingerprint density at radius 2 is 1.55 bits per heavy atom. The Morgan fingerprint density at radius 3 is 2.03 bits per heavy atom. The zero-order chi connectivity index (χ0) is 21.9. The van der Waals surface area contributed by atoms with Gasteiger partial charge in [0.05, 0.1) is 12.2 Å². The number of nitrogens with one attached hydrogen (secondary N) is 1. The van der Waals surface area contributed by atoms with Crippen molar-refractivity contribution < 1.29 is 19.1 Å². The Morgan fingerprint density at radius 1 is 1.00 bits per heavy atom. The molecule has 1 heterocycles. The zero-order valence-electron chi connectivity index (χ0n) is 18.3.